The standard InChI is InChI=1S/C21H27N2O.ClH/c1-15-12-16(2)20(17(3)13-15)23-11-10-22(14-23)18(4)21(24)19-8-6-5-7-9-19;/h5-9,12-14,18,21,24H,10-11H2,1-4H3;1H/q+1;/p-1/t18-,21-;/m1./s1. The Balaban J connectivity index is 0.00000225. The summed E-state index contributed by atoms with van der Waals surface area (Å²) in [5, 5.41) is 10.7. The van der Waals surface area contributed by atoms with Crippen molar-refractivity contribution in [3.05, 3.63) is 64.7 Å². The van der Waals surface area contributed by atoms with Crippen LogP contribution in [0.5, 0.6) is 0 Å². The Morgan fingerprint density at radius 3 is 2.24 bits per heavy atom. The summed E-state index contributed by atoms with van der Waals surface area (Å²) in [6.45, 7) is 10.5. The Morgan fingerprint density at radius 2 is 1.64 bits per heavy atom. The molecule has 2 atom stereocenters. The van der Waals surface area contributed by atoms with E-state index in [4.69, 9.17) is 0 Å². The normalized spacial score (nSPS) is 16.2. The second-order valence-corrected chi connectivity index (χ2v) is 6.89. The molecule has 0 amide bonds. The van der Waals surface area contributed by atoms with Crippen molar-refractivity contribution in [2.24, 2.45) is 0 Å². The van der Waals surface area contributed by atoms with Crippen LogP contribution in [0.3, 0.4) is 0 Å². The average molecular weight is 359 g/mol. The number of halogens is 1. The van der Waals surface area contributed by atoms with Crippen LogP contribution >= 0.6 is 0 Å². The summed E-state index contributed by atoms with van der Waals surface area (Å²) in [4.78, 5) is 2.32. The maximum atomic E-state index is 10.7. The fourth-order valence-corrected chi connectivity index (χ4v) is 3.73. The summed E-state index contributed by atoms with van der Waals surface area (Å²) in [5.74, 6) is 0. The third kappa shape index (κ3) is 4.05. The van der Waals surface area contributed by atoms with Crippen molar-refractivity contribution in [3.8, 4) is 0 Å². The first-order valence-electron chi connectivity index (χ1n) is 8.65. The van der Waals surface area contributed by atoms with Crippen molar-refractivity contribution >= 4 is 12.0 Å². The van der Waals surface area contributed by atoms with E-state index in [1.54, 1.807) is 0 Å². The highest BCUT2D eigenvalue weighted by Crippen LogP contribution is 2.27. The molecule has 1 aliphatic heterocycles. The zero-order valence-corrected chi connectivity index (χ0v) is 16.2. The lowest BCUT2D eigenvalue weighted by molar-refractivity contribution is -0.561. The number of aliphatic hydroxyl groups is 1. The Morgan fingerprint density at radius 1 is 1.04 bits per heavy atom. The molecule has 0 saturated heterocycles. The molecule has 0 fully saturated rings. The lowest BCUT2D eigenvalue weighted by atomic mass is 10.0. The van der Waals surface area contributed by atoms with Crippen molar-refractivity contribution < 1.29 is 22.1 Å². The predicted octanol–water partition coefficient (Wildman–Crippen LogP) is 0.599. The molecule has 0 radical (unpaired) electrons. The van der Waals surface area contributed by atoms with Gasteiger partial charge in [0.15, 0.2) is 0 Å². The van der Waals surface area contributed by atoms with E-state index in [9.17, 15) is 5.11 Å². The van der Waals surface area contributed by atoms with Crippen molar-refractivity contribution in [3.63, 3.8) is 0 Å². The molecule has 3 rings (SSSR count). The number of aryl methyl sites for hydroxylation is 3. The molecule has 1 heterocycles. The van der Waals surface area contributed by atoms with Gasteiger partial charge in [0, 0.05) is 0 Å². The molecule has 0 saturated carbocycles. The summed E-state index contributed by atoms with van der Waals surface area (Å²) in [7, 11) is 0. The molecular formula is C21H27ClN2O. The van der Waals surface area contributed by atoms with Gasteiger partial charge in [-0.25, -0.2) is 4.90 Å². The maximum Gasteiger partial charge on any atom is 0.239 e. The number of rotatable bonds is 4. The number of benzene rings is 2. The Labute approximate surface area is 157 Å². The highest BCUT2D eigenvalue weighted by Gasteiger charge is 2.30. The molecule has 0 unspecified atom stereocenters. The van der Waals surface area contributed by atoms with Gasteiger partial charge in [0.25, 0.3) is 0 Å². The largest absolute Gasteiger partial charge is 1.00 e. The highest BCUT2D eigenvalue weighted by molar-refractivity contribution is 5.81. The molecule has 0 bridgehead atoms. The van der Waals surface area contributed by atoms with Crippen molar-refractivity contribution in [2.45, 2.75) is 39.8 Å². The van der Waals surface area contributed by atoms with E-state index < -0.39 is 6.10 Å². The maximum absolute atomic E-state index is 10.7. The molecule has 0 aromatic heterocycles. The number of nitrogens with zero attached hydrogens (tertiary/aromatic N) is 2. The van der Waals surface area contributed by atoms with E-state index in [1.165, 1.54) is 22.4 Å². The molecule has 2 aromatic carbocycles. The van der Waals surface area contributed by atoms with Crippen molar-refractivity contribution in [1.29, 1.82) is 0 Å². The summed E-state index contributed by atoms with van der Waals surface area (Å²) in [6.07, 6.45) is 1.68. The smallest absolute Gasteiger partial charge is 0.239 e. The summed E-state index contributed by atoms with van der Waals surface area (Å²) < 4.78 is 2.25. The molecule has 4 heteroatoms. The van der Waals surface area contributed by atoms with Gasteiger partial charge in [-0.3, -0.25) is 4.58 Å². The molecule has 1 N–H and O–H groups in total. The van der Waals surface area contributed by atoms with Gasteiger partial charge in [-0.05, 0) is 44.4 Å². The lowest BCUT2D eigenvalue weighted by Crippen LogP contribution is -3.00. The van der Waals surface area contributed by atoms with E-state index in [2.05, 4.69) is 55.6 Å². The third-order valence-corrected chi connectivity index (χ3v) is 4.93. The van der Waals surface area contributed by atoms with Gasteiger partial charge < -0.3 is 17.5 Å². The zero-order valence-electron chi connectivity index (χ0n) is 15.4. The summed E-state index contributed by atoms with van der Waals surface area (Å²) in [6, 6.07) is 14.4. The quantitative estimate of drug-likeness (QED) is 0.810. The Kier molecular flexibility index (Phi) is 6.26. The van der Waals surface area contributed by atoms with Gasteiger partial charge in [0.2, 0.25) is 6.34 Å². The first kappa shape index (κ1) is 19.5. The van der Waals surface area contributed by atoms with Crippen molar-refractivity contribution in [2.75, 3.05) is 18.0 Å². The Hall–Kier alpha value is -1.84. The van der Waals surface area contributed by atoms with Crippen LogP contribution in [0.4, 0.5) is 5.69 Å². The van der Waals surface area contributed by atoms with Gasteiger partial charge in [-0.2, -0.15) is 0 Å². The molecule has 1 aliphatic rings. The number of hydrogen-bond donors (Lipinski definition) is 1. The second-order valence-electron chi connectivity index (χ2n) is 6.89. The molecule has 2 aromatic rings. The highest BCUT2D eigenvalue weighted by atomic mass is 35.5. The molecule has 0 spiro atoms. The van der Waals surface area contributed by atoms with Gasteiger partial charge in [0.1, 0.15) is 30.9 Å². The van der Waals surface area contributed by atoms with Gasteiger partial charge in [-0.1, -0.05) is 48.0 Å². The predicted molar refractivity (Wildman–Crippen MR) is 100 cm³/mol. The first-order valence-corrected chi connectivity index (χ1v) is 8.65. The van der Waals surface area contributed by atoms with Crippen LogP contribution in [0.1, 0.15) is 35.3 Å². The van der Waals surface area contributed by atoms with Crippen LogP contribution in [0.2, 0.25) is 0 Å². The molecule has 3 nitrogen and oxygen atoms in total. The Bertz CT molecular complexity index is 735. The second kappa shape index (κ2) is 8.03. The van der Waals surface area contributed by atoms with E-state index in [0.29, 0.717) is 0 Å². The van der Waals surface area contributed by atoms with E-state index in [0.717, 1.165) is 18.7 Å². The molecular weight excluding hydrogens is 332 g/mol. The fraction of sp³-hybridized carbons (Fsp3) is 0.381. The van der Waals surface area contributed by atoms with E-state index in [1.807, 2.05) is 30.3 Å². The van der Waals surface area contributed by atoms with Crippen molar-refractivity contribution in [1.82, 2.24) is 0 Å². The molecule has 134 valence electrons. The fourth-order valence-electron chi connectivity index (χ4n) is 3.73. The zero-order chi connectivity index (χ0) is 17.3. The van der Waals surface area contributed by atoms with Crippen LogP contribution in [-0.2, 0) is 0 Å². The first-order chi connectivity index (χ1) is 11.5. The lowest BCUT2D eigenvalue weighted by Gasteiger charge is -2.18. The van der Waals surface area contributed by atoms with Gasteiger partial charge in [-0.15, -0.1) is 0 Å². The third-order valence-electron chi connectivity index (χ3n) is 4.93. The van der Waals surface area contributed by atoms with Crippen LogP contribution in [-0.4, -0.2) is 35.2 Å². The number of hydrogen-bond acceptors (Lipinski definition) is 2. The number of aliphatic hydroxyl groups excluding tert-OH is 1. The minimum atomic E-state index is -0.484. The van der Waals surface area contributed by atoms with Crippen LogP contribution < -0.4 is 17.3 Å². The van der Waals surface area contributed by atoms with Crippen LogP contribution in [0, 0.1) is 20.8 Å². The number of anilines is 1. The average Bonchev–Trinajstić information content (AvgIpc) is 3.03. The monoisotopic (exact) mass is 358 g/mol. The van der Waals surface area contributed by atoms with Gasteiger partial charge >= 0.3 is 0 Å². The molecule has 0 aliphatic carbocycles. The minimum absolute atomic E-state index is 0. The minimum Gasteiger partial charge on any atom is -1.00 e. The van der Waals surface area contributed by atoms with E-state index >= 15 is 0 Å². The summed E-state index contributed by atoms with van der Waals surface area (Å²) in [5.41, 5.74) is 6.19. The molecule has 25 heavy (non-hydrogen) atoms. The van der Waals surface area contributed by atoms with Crippen LogP contribution in [0.15, 0.2) is 42.5 Å². The summed E-state index contributed by atoms with van der Waals surface area (Å²) >= 11 is 0. The topological polar surface area (TPSA) is 26.5 Å². The van der Waals surface area contributed by atoms with Crippen LogP contribution in [0.25, 0.3) is 0 Å². The SMILES string of the molecule is Cc1cc(C)c(N2C=[N+]([C@H](C)[C@@H](O)c3ccccc3)CC2)c(C)c1.[Cl-]. The van der Waals surface area contributed by atoms with Gasteiger partial charge in [0.05, 0.1) is 0 Å². The van der Waals surface area contributed by atoms with E-state index in [-0.39, 0.29) is 18.4 Å².